The smallest absolute Gasteiger partial charge is 0.295 e. The molecule has 2 aromatic heterocycles. The molecule has 0 saturated carbocycles. The Morgan fingerprint density at radius 1 is 1.28 bits per heavy atom. The van der Waals surface area contributed by atoms with Crippen LogP contribution < -0.4 is 5.32 Å². The quantitative estimate of drug-likeness (QED) is 0.684. The first-order chi connectivity index (χ1) is 11.8. The Morgan fingerprint density at radius 2 is 2.04 bits per heavy atom. The molecule has 25 heavy (non-hydrogen) atoms. The molecule has 2 heterocycles. The van der Waals surface area contributed by atoms with Crippen molar-refractivity contribution >= 4 is 38.3 Å². The number of aromatic nitrogens is 5. The lowest BCUT2D eigenvalue weighted by Gasteiger charge is -2.04. The fourth-order valence-electron chi connectivity index (χ4n) is 1.94. The molecule has 0 fully saturated rings. The van der Waals surface area contributed by atoms with Crippen molar-refractivity contribution in [2.45, 2.75) is 13.1 Å². The van der Waals surface area contributed by atoms with Gasteiger partial charge in [-0.15, -0.1) is 15.3 Å². The first-order valence-corrected chi connectivity index (χ1v) is 8.27. The van der Waals surface area contributed by atoms with Gasteiger partial charge in [0.2, 0.25) is 10.1 Å². The van der Waals surface area contributed by atoms with Crippen LogP contribution in [0.3, 0.4) is 0 Å². The van der Waals surface area contributed by atoms with Gasteiger partial charge in [0, 0.05) is 4.47 Å². The van der Waals surface area contributed by atoms with E-state index in [0.717, 1.165) is 4.47 Å². The van der Waals surface area contributed by atoms with E-state index in [4.69, 9.17) is 0 Å². The van der Waals surface area contributed by atoms with Crippen molar-refractivity contribution < 1.29 is 18.0 Å². The summed E-state index contributed by atoms with van der Waals surface area (Å²) in [5, 5.41) is 14.8. The minimum atomic E-state index is -4.61. The maximum Gasteiger partial charge on any atom is 0.445 e. The van der Waals surface area contributed by atoms with Crippen molar-refractivity contribution in [2.24, 2.45) is 0 Å². The van der Waals surface area contributed by atoms with Gasteiger partial charge in [-0.2, -0.15) is 13.2 Å². The van der Waals surface area contributed by atoms with Crippen LogP contribution in [0.1, 0.15) is 21.2 Å². The minimum Gasteiger partial charge on any atom is -0.295 e. The standard InChI is InChI=1S/C13H8BrF3N6OS/c1-6-9(19-22-23(6)8-4-2-3-7(14)5-8)10(24)18-12-21-20-11(25-12)13(15,16)17/h2-5H,1H3,(H,18,21,24). The zero-order chi connectivity index (χ0) is 18.2. The van der Waals surface area contributed by atoms with Crippen LogP contribution in [0.4, 0.5) is 18.3 Å². The molecule has 12 heteroatoms. The van der Waals surface area contributed by atoms with Crippen molar-refractivity contribution in [1.29, 1.82) is 0 Å². The molecule has 1 N–H and O–H groups in total. The van der Waals surface area contributed by atoms with Gasteiger partial charge in [0.15, 0.2) is 5.69 Å². The molecule has 0 unspecified atom stereocenters. The van der Waals surface area contributed by atoms with Crippen molar-refractivity contribution in [3.05, 3.63) is 45.1 Å². The third-order valence-corrected chi connectivity index (χ3v) is 4.43. The Labute approximate surface area is 151 Å². The maximum absolute atomic E-state index is 12.5. The van der Waals surface area contributed by atoms with Crippen molar-refractivity contribution in [3.63, 3.8) is 0 Å². The SMILES string of the molecule is Cc1c(C(=O)Nc2nnc(C(F)(F)F)s2)nnn1-c1cccc(Br)c1. The van der Waals surface area contributed by atoms with Crippen LogP contribution in [0.5, 0.6) is 0 Å². The van der Waals surface area contributed by atoms with Gasteiger partial charge in [-0.3, -0.25) is 10.1 Å². The van der Waals surface area contributed by atoms with E-state index in [1.807, 2.05) is 6.07 Å². The van der Waals surface area contributed by atoms with Crippen molar-refractivity contribution in [2.75, 3.05) is 5.32 Å². The van der Waals surface area contributed by atoms with E-state index in [1.54, 1.807) is 25.1 Å². The molecule has 3 aromatic rings. The Kier molecular flexibility index (Phi) is 4.56. The fraction of sp³-hybridized carbons (Fsp3) is 0.154. The number of nitrogens with zero attached hydrogens (tertiary/aromatic N) is 5. The van der Waals surface area contributed by atoms with Crippen LogP contribution in [0, 0.1) is 6.92 Å². The van der Waals surface area contributed by atoms with Crippen LogP contribution in [0.2, 0.25) is 0 Å². The number of hydrogen-bond donors (Lipinski definition) is 1. The Morgan fingerprint density at radius 3 is 2.68 bits per heavy atom. The Bertz CT molecular complexity index is 938. The summed E-state index contributed by atoms with van der Waals surface area (Å²) in [6, 6.07) is 7.18. The van der Waals surface area contributed by atoms with Crippen LogP contribution in [0.15, 0.2) is 28.7 Å². The number of carbonyl (C=O) groups excluding carboxylic acids is 1. The molecule has 0 saturated heterocycles. The average molecular weight is 433 g/mol. The Hall–Kier alpha value is -2.34. The summed E-state index contributed by atoms with van der Waals surface area (Å²) in [4.78, 5) is 12.2. The number of amides is 1. The molecule has 0 spiro atoms. The number of nitrogens with one attached hydrogen (secondary N) is 1. The Balaban J connectivity index is 1.83. The lowest BCUT2D eigenvalue weighted by atomic mass is 10.3. The predicted molar refractivity (Wildman–Crippen MR) is 86.7 cm³/mol. The monoisotopic (exact) mass is 432 g/mol. The summed E-state index contributed by atoms with van der Waals surface area (Å²) >= 11 is 3.57. The van der Waals surface area contributed by atoms with E-state index < -0.39 is 17.1 Å². The second-order valence-electron chi connectivity index (χ2n) is 4.78. The molecule has 0 radical (unpaired) electrons. The van der Waals surface area contributed by atoms with Gasteiger partial charge in [-0.25, -0.2) is 4.68 Å². The number of rotatable bonds is 3. The second-order valence-corrected chi connectivity index (χ2v) is 6.67. The third-order valence-electron chi connectivity index (χ3n) is 3.05. The summed E-state index contributed by atoms with van der Waals surface area (Å²) in [5.41, 5.74) is 1.08. The molecule has 0 bridgehead atoms. The average Bonchev–Trinajstić information content (AvgIpc) is 3.13. The lowest BCUT2D eigenvalue weighted by Crippen LogP contribution is -2.14. The predicted octanol–water partition coefficient (Wildman–Crippen LogP) is 3.46. The topological polar surface area (TPSA) is 85.6 Å². The zero-order valence-corrected chi connectivity index (χ0v) is 14.8. The molecule has 0 atom stereocenters. The molecular weight excluding hydrogens is 425 g/mol. The summed E-state index contributed by atoms with van der Waals surface area (Å²) in [6.07, 6.45) is -4.61. The van der Waals surface area contributed by atoms with Crippen LogP contribution in [0.25, 0.3) is 5.69 Å². The zero-order valence-electron chi connectivity index (χ0n) is 12.4. The first kappa shape index (κ1) is 17.5. The van der Waals surface area contributed by atoms with Gasteiger partial charge in [-0.1, -0.05) is 38.5 Å². The number of carbonyl (C=O) groups is 1. The highest BCUT2D eigenvalue weighted by molar-refractivity contribution is 9.10. The largest absolute Gasteiger partial charge is 0.445 e. The van der Waals surface area contributed by atoms with Gasteiger partial charge >= 0.3 is 6.18 Å². The normalized spacial score (nSPS) is 11.6. The van der Waals surface area contributed by atoms with E-state index in [0.29, 0.717) is 11.4 Å². The van der Waals surface area contributed by atoms with Crippen molar-refractivity contribution in [1.82, 2.24) is 25.2 Å². The minimum absolute atomic E-state index is 0.0243. The van der Waals surface area contributed by atoms with Crippen LogP contribution in [-0.2, 0) is 6.18 Å². The van der Waals surface area contributed by atoms with Crippen molar-refractivity contribution in [3.8, 4) is 5.69 Å². The van der Waals surface area contributed by atoms with Gasteiger partial charge in [0.1, 0.15) is 0 Å². The number of halogens is 4. The summed E-state index contributed by atoms with van der Waals surface area (Å²) < 4.78 is 39.8. The highest BCUT2D eigenvalue weighted by atomic mass is 79.9. The molecule has 1 aromatic carbocycles. The van der Waals surface area contributed by atoms with E-state index in [2.05, 4.69) is 41.8 Å². The molecule has 0 aliphatic rings. The van der Waals surface area contributed by atoms with E-state index in [9.17, 15) is 18.0 Å². The molecular formula is C13H8BrF3N6OS. The van der Waals surface area contributed by atoms with E-state index >= 15 is 0 Å². The third kappa shape index (κ3) is 3.69. The number of benzene rings is 1. The van der Waals surface area contributed by atoms with E-state index in [-0.39, 0.29) is 22.2 Å². The number of alkyl halides is 3. The highest BCUT2D eigenvalue weighted by Gasteiger charge is 2.36. The molecule has 0 aliphatic carbocycles. The van der Waals surface area contributed by atoms with Gasteiger partial charge in [0.25, 0.3) is 5.91 Å². The lowest BCUT2D eigenvalue weighted by molar-refractivity contribution is -0.138. The van der Waals surface area contributed by atoms with Crippen LogP contribution in [-0.4, -0.2) is 31.1 Å². The van der Waals surface area contributed by atoms with Crippen LogP contribution >= 0.6 is 27.3 Å². The number of anilines is 1. The highest BCUT2D eigenvalue weighted by Crippen LogP contribution is 2.33. The molecule has 3 rings (SSSR count). The van der Waals surface area contributed by atoms with Gasteiger partial charge in [0.05, 0.1) is 11.4 Å². The van der Waals surface area contributed by atoms with Gasteiger partial charge in [-0.05, 0) is 25.1 Å². The molecule has 130 valence electrons. The van der Waals surface area contributed by atoms with Gasteiger partial charge < -0.3 is 0 Å². The maximum atomic E-state index is 12.5. The second kappa shape index (κ2) is 6.52. The summed E-state index contributed by atoms with van der Waals surface area (Å²) in [7, 11) is 0. The summed E-state index contributed by atoms with van der Waals surface area (Å²) in [5.74, 6) is -0.719. The summed E-state index contributed by atoms with van der Waals surface area (Å²) in [6.45, 7) is 1.62. The molecule has 0 aliphatic heterocycles. The van der Waals surface area contributed by atoms with E-state index in [1.165, 1.54) is 4.68 Å². The molecule has 1 amide bonds. The number of hydrogen-bond acceptors (Lipinski definition) is 6. The fourth-order valence-corrected chi connectivity index (χ4v) is 2.93. The first-order valence-electron chi connectivity index (χ1n) is 6.66. The molecule has 7 nitrogen and oxygen atoms in total.